The van der Waals surface area contributed by atoms with Gasteiger partial charge in [-0.1, -0.05) is 0 Å². The lowest BCUT2D eigenvalue weighted by molar-refractivity contribution is 0.0781. The fourth-order valence-corrected chi connectivity index (χ4v) is 3.13. The Morgan fingerprint density at radius 2 is 1.65 bits per heavy atom. The number of carbonyl (C=O) groups is 1. The lowest BCUT2D eigenvalue weighted by atomic mass is 10.0. The maximum atomic E-state index is 12.6. The maximum Gasteiger partial charge on any atom is 0.254 e. The van der Waals surface area contributed by atoms with Crippen molar-refractivity contribution in [3.8, 4) is 11.5 Å². The van der Waals surface area contributed by atoms with E-state index in [1.54, 1.807) is 32.4 Å². The number of ether oxygens (including phenoxy) is 2. The number of likely N-dealkylation sites (tertiary alicyclic amines) is 1. The van der Waals surface area contributed by atoms with E-state index >= 15 is 0 Å². The molecule has 2 fully saturated rings. The number of nitrogens with zero attached hydrogens (tertiary/aromatic N) is 1. The average molecular weight is 276 g/mol. The standard InChI is InChI=1S/C15H20N2O3/c1-19-13-3-10(4-14(5-13)20-2)15(18)17-8-11-6-16-7-12(11)9-17/h3-5,11-12,16H,6-9H2,1-2H3. The van der Waals surface area contributed by atoms with Crippen molar-refractivity contribution in [2.45, 2.75) is 0 Å². The summed E-state index contributed by atoms with van der Waals surface area (Å²) in [5, 5.41) is 3.38. The summed E-state index contributed by atoms with van der Waals surface area (Å²) in [6.07, 6.45) is 0. The number of nitrogens with one attached hydrogen (secondary N) is 1. The van der Waals surface area contributed by atoms with Gasteiger partial charge in [-0.2, -0.15) is 0 Å². The van der Waals surface area contributed by atoms with Crippen molar-refractivity contribution in [3.05, 3.63) is 23.8 Å². The second kappa shape index (κ2) is 5.32. The van der Waals surface area contributed by atoms with Crippen molar-refractivity contribution in [1.29, 1.82) is 0 Å². The zero-order valence-corrected chi connectivity index (χ0v) is 11.9. The Morgan fingerprint density at radius 1 is 1.10 bits per heavy atom. The summed E-state index contributed by atoms with van der Waals surface area (Å²) in [6, 6.07) is 5.33. The molecule has 1 aromatic carbocycles. The van der Waals surface area contributed by atoms with Crippen LogP contribution < -0.4 is 14.8 Å². The number of hydrogen-bond donors (Lipinski definition) is 1. The van der Waals surface area contributed by atoms with E-state index in [0.29, 0.717) is 28.9 Å². The van der Waals surface area contributed by atoms with Gasteiger partial charge >= 0.3 is 0 Å². The highest BCUT2D eigenvalue weighted by Gasteiger charge is 2.38. The third-order valence-corrected chi connectivity index (χ3v) is 4.28. The SMILES string of the molecule is COc1cc(OC)cc(C(=O)N2CC3CNCC3C2)c1. The van der Waals surface area contributed by atoms with Gasteiger partial charge in [-0.05, 0) is 24.0 Å². The highest BCUT2D eigenvalue weighted by atomic mass is 16.5. The number of fused-ring (bicyclic) bond motifs is 1. The van der Waals surface area contributed by atoms with Gasteiger partial charge in [-0.3, -0.25) is 4.79 Å². The first-order valence-electron chi connectivity index (χ1n) is 6.94. The highest BCUT2D eigenvalue weighted by molar-refractivity contribution is 5.95. The van der Waals surface area contributed by atoms with Crippen LogP contribution in [0.25, 0.3) is 0 Å². The van der Waals surface area contributed by atoms with Crippen molar-refractivity contribution >= 4 is 5.91 Å². The van der Waals surface area contributed by atoms with Crippen molar-refractivity contribution in [2.75, 3.05) is 40.4 Å². The zero-order chi connectivity index (χ0) is 14.1. The third-order valence-electron chi connectivity index (χ3n) is 4.28. The summed E-state index contributed by atoms with van der Waals surface area (Å²) in [7, 11) is 3.18. The van der Waals surface area contributed by atoms with Gasteiger partial charge in [-0.15, -0.1) is 0 Å². The second-order valence-electron chi connectivity index (χ2n) is 5.49. The molecule has 2 heterocycles. The van der Waals surface area contributed by atoms with Crippen molar-refractivity contribution < 1.29 is 14.3 Å². The Balaban J connectivity index is 1.80. The first-order valence-corrected chi connectivity index (χ1v) is 6.94. The largest absolute Gasteiger partial charge is 0.497 e. The number of benzene rings is 1. The predicted molar refractivity (Wildman–Crippen MR) is 75.3 cm³/mol. The van der Waals surface area contributed by atoms with E-state index in [4.69, 9.17) is 9.47 Å². The van der Waals surface area contributed by atoms with E-state index in [9.17, 15) is 4.79 Å². The Kier molecular flexibility index (Phi) is 3.53. The molecule has 0 spiro atoms. The van der Waals surface area contributed by atoms with E-state index in [-0.39, 0.29) is 5.91 Å². The van der Waals surface area contributed by atoms with Gasteiger partial charge in [0, 0.05) is 37.8 Å². The molecule has 108 valence electrons. The predicted octanol–water partition coefficient (Wildman–Crippen LogP) is 0.995. The van der Waals surface area contributed by atoms with Crippen molar-refractivity contribution in [1.82, 2.24) is 10.2 Å². The smallest absolute Gasteiger partial charge is 0.254 e. The molecule has 0 radical (unpaired) electrons. The van der Waals surface area contributed by atoms with Crippen LogP contribution in [-0.4, -0.2) is 51.2 Å². The van der Waals surface area contributed by atoms with Crippen molar-refractivity contribution in [2.24, 2.45) is 11.8 Å². The fraction of sp³-hybridized carbons (Fsp3) is 0.533. The molecule has 0 aliphatic carbocycles. The normalized spacial score (nSPS) is 24.6. The molecule has 2 unspecified atom stereocenters. The molecule has 5 heteroatoms. The molecule has 0 aromatic heterocycles. The maximum absolute atomic E-state index is 12.6. The molecular formula is C15H20N2O3. The average Bonchev–Trinajstić information content (AvgIpc) is 3.07. The molecule has 0 saturated carbocycles. The quantitative estimate of drug-likeness (QED) is 0.894. The Morgan fingerprint density at radius 3 is 2.15 bits per heavy atom. The van der Waals surface area contributed by atoms with Crippen LogP contribution in [0.3, 0.4) is 0 Å². The molecule has 2 aliphatic heterocycles. The first kappa shape index (κ1) is 13.2. The van der Waals surface area contributed by atoms with E-state index < -0.39 is 0 Å². The van der Waals surface area contributed by atoms with Gasteiger partial charge in [-0.25, -0.2) is 0 Å². The number of rotatable bonds is 3. The molecule has 0 bridgehead atoms. The monoisotopic (exact) mass is 276 g/mol. The molecule has 2 aliphatic rings. The molecule has 2 saturated heterocycles. The summed E-state index contributed by atoms with van der Waals surface area (Å²) in [4.78, 5) is 14.6. The third kappa shape index (κ3) is 2.33. The van der Waals surface area contributed by atoms with Gasteiger partial charge in [0.05, 0.1) is 14.2 Å². The van der Waals surface area contributed by atoms with Crippen molar-refractivity contribution in [3.63, 3.8) is 0 Å². The number of methoxy groups -OCH3 is 2. The van der Waals surface area contributed by atoms with Gasteiger partial charge in [0.1, 0.15) is 11.5 Å². The van der Waals surface area contributed by atoms with Crippen LogP contribution in [0.4, 0.5) is 0 Å². The molecule has 5 nitrogen and oxygen atoms in total. The van der Waals surface area contributed by atoms with Crippen LogP contribution in [0.15, 0.2) is 18.2 Å². The first-order chi connectivity index (χ1) is 9.71. The molecule has 1 aromatic rings. The Bertz CT molecular complexity index is 484. The fourth-order valence-electron chi connectivity index (χ4n) is 3.13. The van der Waals surface area contributed by atoms with Crippen LogP contribution in [-0.2, 0) is 0 Å². The van der Waals surface area contributed by atoms with Gasteiger partial charge in [0.25, 0.3) is 5.91 Å². The molecule has 1 N–H and O–H groups in total. The van der Waals surface area contributed by atoms with Crippen LogP contribution in [0.2, 0.25) is 0 Å². The summed E-state index contributed by atoms with van der Waals surface area (Å²) in [5.74, 6) is 2.57. The summed E-state index contributed by atoms with van der Waals surface area (Å²) in [6.45, 7) is 3.73. The molecule has 2 atom stereocenters. The minimum atomic E-state index is 0.0663. The minimum absolute atomic E-state index is 0.0663. The summed E-state index contributed by atoms with van der Waals surface area (Å²) < 4.78 is 10.4. The van der Waals surface area contributed by atoms with E-state index in [2.05, 4.69) is 5.32 Å². The van der Waals surface area contributed by atoms with Gasteiger partial charge in [0.15, 0.2) is 0 Å². The number of hydrogen-bond acceptors (Lipinski definition) is 4. The number of amides is 1. The number of carbonyl (C=O) groups excluding carboxylic acids is 1. The van der Waals surface area contributed by atoms with Crippen LogP contribution >= 0.6 is 0 Å². The highest BCUT2D eigenvalue weighted by Crippen LogP contribution is 2.29. The van der Waals surface area contributed by atoms with Crippen LogP contribution in [0.5, 0.6) is 11.5 Å². The van der Waals surface area contributed by atoms with E-state index in [1.807, 2.05) is 4.90 Å². The molecular weight excluding hydrogens is 256 g/mol. The van der Waals surface area contributed by atoms with Gasteiger partial charge < -0.3 is 19.7 Å². The zero-order valence-electron chi connectivity index (χ0n) is 11.9. The molecule has 3 rings (SSSR count). The van der Waals surface area contributed by atoms with E-state index in [0.717, 1.165) is 26.2 Å². The summed E-state index contributed by atoms with van der Waals surface area (Å²) in [5.41, 5.74) is 0.633. The van der Waals surface area contributed by atoms with E-state index in [1.165, 1.54) is 0 Å². The topological polar surface area (TPSA) is 50.8 Å². The van der Waals surface area contributed by atoms with Gasteiger partial charge in [0.2, 0.25) is 0 Å². The lowest BCUT2D eigenvalue weighted by Crippen LogP contribution is -2.31. The van der Waals surface area contributed by atoms with Crippen LogP contribution in [0.1, 0.15) is 10.4 Å². The lowest BCUT2D eigenvalue weighted by Gasteiger charge is -2.18. The molecule has 20 heavy (non-hydrogen) atoms. The summed E-state index contributed by atoms with van der Waals surface area (Å²) >= 11 is 0. The van der Waals surface area contributed by atoms with Crippen LogP contribution in [0, 0.1) is 11.8 Å². The Labute approximate surface area is 118 Å². The second-order valence-corrected chi connectivity index (χ2v) is 5.49. The minimum Gasteiger partial charge on any atom is -0.497 e. The Hall–Kier alpha value is -1.75. The molecule has 1 amide bonds.